The van der Waals surface area contributed by atoms with Gasteiger partial charge in [0.1, 0.15) is 11.4 Å². The summed E-state index contributed by atoms with van der Waals surface area (Å²) in [4.78, 5) is 28.7. The fourth-order valence-corrected chi connectivity index (χ4v) is 3.29. The van der Waals surface area contributed by atoms with Crippen LogP contribution in [0.3, 0.4) is 0 Å². The molecule has 4 rings (SSSR count). The molecule has 144 valence electrons. The second-order valence-electron chi connectivity index (χ2n) is 7.23. The van der Waals surface area contributed by atoms with Gasteiger partial charge in [-0.2, -0.15) is 5.10 Å². The molecule has 1 saturated carbocycles. The SMILES string of the molecule is Cc1cc(-c2ccc(F)c(C(N)=O)c2)nc2c(C(=O)NC(C)C3CC3)cnn12. The number of amides is 2. The van der Waals surface area contributed by atoms with Gasteiger partial charge in [-0.15, -0.1) is 0 Å². The van der Waals surface area contributed by atoms with Gasteiger partial charge in [0.25, 0.3) is 11.8 Å². The van der Waals surface area contributed by atoms with Crippen molar-refractivity contribution in [2.45, 2.75) is 32.7 Å². The van der Waals surface area contributed by atoms with Gasteiger partial charge < -0.3 is 11.1 Å². The minimum Gasteiger partial charge on any atom is -0.366 e. The third-order valence-corrected chi connectivity index (χ3v) is 5.11. The van der Waals surface area contributed by atoms with Crippen LogP contribution in [0.4, 0.5) is 4.39 Å². The quantitative estimate of drug-likeness (QED) is 0.709. The molecule has 0 saturated heterocycles. The molecule has 1 aliphatic rings. The van der Waals surface area contributed by atoms with Crippen LogP contribution in [0.2, 0.25) is 0 Å². The van der Waals surface area contributed by atoms with E-state index in [2.05, 4.69) is 15.4 Å². The molecule has 2 amide bonds. The van der Waals surface area contributed by atoms with Gasteiger partial charge in [0.2, 0.25) is 0 Å². The van der Waals surface area contributed by atoms with E-state index < -0.39 is 11.7 Å². The van der Waals surface area contributed by atoms with Gasteiger partial charge >= 0.3 is 0 Å². The number of nitrogens with two attached hydrogens (primary N) is 1. The molecule has 1 aliphatic carbocycles. The van der Waals surface area contributed by atoms with Gasteiger partial charge in [0, 0.05) is 17.3 Å². The number of hydrogen-bond donors (Lipinski definition) is 2. The Kier molecular flexibility index (Phi) is 4.33. The number of aryl methyl sites for hydroxylation is 1. The van der Waals surface area contributed by atoms with Crippen molar-refractivity contribution in [3.63, 3.8) is 0 Å². The van der Waals surface area contributed by atoms with E-state index in [0.717, 1.165) is 18.5 Å². The lowest BCUT2D eigenvalue weighted by atomic mass is 10.1. The third kappa shape index (κ3) is 3.21. The number of carbonyl (C=O) groups excluding carboxylic acids is 2. The lowest BCUT2D eigenvalue weighted by molar-refractivity contribution is 0.0936. The van der Waals surface area contributed by atoms with Crippen molar-refractivity contribution in [2.75, 3.05) is 0 Å². The first-order valence-corrected chi connectivity index (χ1v) is 9.11. The first-order valence-electron chi connectivity index (χ1n) is 9.11. The first kappa shape index (κ1) is 18.1. The second kappa shape index (κ2) is 6.70. The number of carbonyl (C=O) groups is 2. The third-order valence-electron chi connectivity index (χ3n) is 5.11. The van der Waals surface area contributed by atoms with Crippen LogP contribution in [0.15, 0.2) is 30.5 Å². The Bertz CT molecular complexity index is 1100. The van der Waals surface area contributed by atoms with Crippen molar-refractivity contribution in [1.29, 1.82) is 0 Å². The highest BCUT2D eigenvalue weighted by molar-refractivity contribution is 6.00. The molecule has 2 aromatic heterocycles. The maximum absolute atomic E-state index is 13.8. The molecule has 1 fully saturated rings. The Morgan fingerprint density at radius 3 is 2.71 bits per heavy atom. The van der Waals surface area contributed by atoms with Crippen molar-refractivity contribution in [3.8, 4) is 11.3 Å². The standard InChI is InChI=1S/C20H20FN5O2/c1-10-7-17(13-5-6-16(21)14(8-13)18(22)27)25-19-15(9-23-26(10)19)20(28)24-11(2)12-3-4-12/h5-9,11-12H,3-4H2,1-2H3,(H2,22,27)(H,24,28). The Labute approximate surface area is 160 Å². The number of benzene rings is 1. The number of hydrogen-bond acceptors (Lipinski definition) is 4. The molecule has 1 atom stereocenters. The van der Waals surface area contributed by atoms with Crippen molar-refractivity contribution < 1.29 is 14.0 Å². The molecule has 1 aromatic carbocycles. The van der Waals surface area contributed by atoms with Gasteiger partial charge in [-0.05, 0) is 56.9 Å². The zero-order valence-electron chi connectivity index (χ0n) is 15.6. The van der Waals surface area contributed by atoms with Crippen molar-refractivity contribution >= 4 is 17.5 Å². The van der Waals surface area contributed by atoms with Gasteiger partial charge in [-0.25, -0.2) is 13.9 Å². The minimum absolute atomic E-state index is 0.0990. The van der Waals surface area contributed by atoms with E-state index in [9.17, 15) is 14.0 Å². The van der Waals surface area contributed by atoms with E-state index in [4.69, 9.17) is 5.73 Å². The van der Waals surface area contributed by atoms with Crippen LogP contribution in [0.1, 0.15) is 46.2 Å². The largest absolute Gasteiger partial charge is 0.366 e. The molecule has 0 aliphatic heterocycles. The van der Waals surface area contributed by atoms with E-state index in [1.54, 1.807) is 10.6 Å². The van der Waals surface area contributed by atoms with Crippen molar-refractivity contribution in [3.05, 3.63) is 53.1 Å². The summed E-state index contributed by atoms with van der Waals surface area (Å²) in [5.74, 6) is -1.24. The Hall–Kier alpha value is -3.29. The van der Waals surface area contributed by atoms with Gasteiger partial charge in [0.15, 0.2) is 5.65 Å². The zero-order valence-corrected chi connectivity index (χ0v) is 15.6. The van der Waals surface area contributed by atoms with Gasteiger partial charge in [0.05, 0.1) is 17.5 Å². The molecular weight excluding hydrogens is 361 g/mol. The second-order valence-corrected chi connectivity index (χ2v) is 7.23. The lowest BCUT2D eigenvalue weighted by Crippen LogP contribution is -2.34. The van der Waals surface area contributed by atoms with E-state index >= 15 is 0 Å². The van der Waals surface area contributed by atoms with E-state index in [1.165, 1.54) is 24.4 Å². The summed E-state index contributed by atoms with van der Waals surface area (Å²) in [5, 5.41) is 7.26. The van der Waals surface area contributed by atoms with E-state index in [-0.39, 0.29) is 17.5 Å². The molecule has 8 heteroatoms. The van der Waals surface area contributed by atoms with Crippen molar-refractivity contribution in [2.24, 2.45) is 11.7 Å². The molecule has 7 nitrogen and oxygen atoms in total. The average Bonchev–Trinajstić information content (AvgIpc) is 3.41. The van der Waals surface area contributed by atoms with Crippen LogP contribution in [0, 0.1) is 18.7 Å². The predicted molar refractivity (Wildman–Crippen MR) is 101 cm³/mol. The maximum Gasteiger partial charge on any atom is 0.256 e. The summed E-state index contributed by atoms with van der Waals surface area (Å²) in [6, 6.07) is 5.92. The number of nitrogens with one attached hydrogen (secondary N) is 1. The Morgan fingerprint density at radius 2 is 2.04 bits per heavy atom. The highest BCUT2D eigenvalue weighted by Gasteiger charge is 2.30. The average molecular weight is 381 g/mol. The fourth-order valence-electron chi connectivity index (χ4n) is 3.29. The molecule has 3 aromatic rings. The number of aromatic nitrogens is 3. The zero-order chi connectivity index (χ0) is 20.0. The van der Waals surface area contributed by atoms with Crippen molar-refractivity contribution in [1.82, 2.24) is 19.9 Å². The number of nitrogens with zero attached hydrogens (tertiary/aromatic N) is 3. The van der Waals surface area contributed by atoms with E-state index in [0.29, 0.717) is 28.4 Å². The molecule has 28 heavy (non-hydrogen) atoms. The van der Waals surface area contributed by atoms with Gasteiger partial charge in [-0.3, -0.25) is 9.59 Å². The predicted octanol–water partition coefficient (Wildman–Crippen LogP) is 2.47. The fraction of sp³-hybridized carbons (Fsp3) is 0.300. The van der Waals surface area contributed by atoms with Crippen LogP contribution in [0.5, 0.6) is 0 Å². The highest BCUT2D eigenvalue weighted by Crippen LogP contribution is 2.32. The number of rotatable bonds is 5. The normalized spacial score (nSPS) is 14.8. The number of primary amides is 1. The molecule has 3 N–H and O–H groups in total. The van der Waals surface area contributed by atoms with Crippen LogP contribution in [-0.4, -0.2) is 32.5 Å². The Morgan fingerprint density at radius 1 is 1.29 bits per heavy atom. The molecule has 0 radical (unpaired) electrons. The maximum atomic E-state index is 13.8. The first-order chi connectivity index (χ1) is 13.3. The van der Waals surface area contributed by atoms with Crippen LogP contribution >= 0.6 is 0 Å². The van der Waals surface area contributed by atoms with Gasteiger partial charge in [-0.1, -0.05) is 0 Å². The van der Waals surface area contributed by atoms with E-state index in [1.807, 2.05) is 13.8 Å². The Balaban J connectivity index is 1.76. The number of halogens is 1. The summed E-state index contributed by atoms with van der Waals surface area (Å²) >= 11 is 0. The summed E-state index contributed by atoms with van der Waals surface area (Å²) in [6.07, 6.45) is 3.75. The smallest absolute Gasteiger partial charge is 0.256 e. The number of fused-ring (bicyclic) bond motifs is 1. The monoisotopic (exact) mass is 381 g/mol. The van der Waals surface area contributed by atoms with Crippen LogP contribution in [-0.2, 0) is 0 Å². The lowest BCUT2D eigenvalue weighted by Gasteiger charge is -2.12. The summed E-state index contributed by atoms with van der Waals surface area (Å²) in [6.45, 7) is 3.83. The molecular formula is C20H20FN5O2. The summed E-state index contributed by atoms with van der Waals surface area (Å²) < 4.78 is 15.4. The molecule has 0 spiro atoms. The molecule has 0 bridgehead atoms. The van der Waals surface area contributed by atoms with Crippen LogP contribution < -0.4 is 11.1 Å². The molecule has 2 heterocycles. The van der Waals surface area contributed by atoms with Crippen LogP contribution in [0.25, 0.3) is 16.9 Å². The summed E-state index contributed by atoms with van der Waals surface area (Å²) in [7, 11) is 0. The topological polar surface area (TPSA) is 102 Å². The summed E-state index contributed by atoms with van der Waals surface area (Å²) in [5.41, 5.74) is 7.58. The minimum atomic E-state index is -0.851. The highest BCUT2D eigenvalue weighted by atomic mass is 19.1. The molecule has 1 unspecified atom stereocenters.